The van der Waals surface area contributed by atoms with Crippen LogP contribution in [0.5, 0.6) is 0 Å². The number of hydrogen-bond donors (Lipinski definition) is 0. The van der Waals surface area contributed by atoms with E-state index in [1.165, 1.54) is 34.5 Å². The summed E-state index contributed by atoms with van der Waals surface area (Å²) in [5.41, 5.74) is 4.43. The lowest BCUT2D eigenvalue weighted by atomic mass is 9.92. The van der Waals surface area contributed by atoms with Crippen molar-refractivity contribution in [2.24, 2.45) is 5.92 Å². The van der Waals surface area contributed by atoms with Gasteiger partial charge in [0.05, 0.1) is 5.56 Å². The molecule has 0 spiro atoms. The van der Waals surface area contributed by atoms with Crippen molar-refractivity contribution in [3.63, 3.8) is 0 Å². The van der Waals surface area contributed by atoms with E-state index < -0.39 is 0 Å². The molecule has 6 heteroatoms. The molecule has 0 aromatic carbocycles. The lowest BCUT2D eigenvalue weighted by Gasteiger charge is -2.36. The van der Waals surface area contributed by atoms with Crippen molar-refractivity contribution >= 4 is 23.1 Å². The van der Waals surface area contributed by atoms with Crippen LogP contribution < -0.4 is 4.90 Å². The van der Waals surface area contributed by atoms with Crippen LogP contribution >= 0.6 is 11.3 Å². The highest BCUT2D eigenvalue weighted by molar-refractivity contribution is 7.10. The van der Waals surface area contributed by atoms with Gasteiger partial charge in [-0.05, 0) is 73.6 Å². The fourth-order valence-electron chi connectivity index (χ4n) is 4.98. The number of pyridine rings is 1. The van der Waals surface area contributed by atoms with Crippen molar-refractivity contribution < 1.29 is 4.79 Å². The van der Waals surface area contributed by atoms with E-state index in [1.54, 1.807) is 0 Å². The highest BCUT2D eigenvalue weighted by atomic mass is 32.1. The number of hydrogen-bond acceptors (Lipinski definition) is 5. The number of amides is 1. The molecule has 0 bridgehead atoms. The summed E-state index contributed by atoms with van der Waals surface area (Å²) in [5, 5.41) is 11.8. The number of fused-ring (bicyclic) bond motifs is 2. The number of piperidine rings is 1. The number of aryl methyl sites for hydroxylation is 2. The number of carbonyl (C=O) groups excluding carboxylic acids is 1. The molecule has 2 aromatic rings. The number of nitrogens with zero attached hydrogens (tertiary/aromatic N) is 4. The third kappa shape index (κ3) is 3.53. The summed E-state index contributed by atoms with van der Waals surface area (Å²) in [4.78, 5) is 23.7. The summed E-state index contributed by atoms with van der Waals surface area (Å²) >= 11 is 1.81. The Morgan fingerprint density at radius 2 is 1.97 bits per heavy atom. The quantitative estimate of drug-likeness (QED) is 0.763. The average molecular weight is 407 g/mol. The smallest absolute Gasteiger partial charge is 0.226 e. The minimum Gasteiger partial charge on any atom is -0.355 e. The maximum Gasteiger partial charge on any atom is 0.226 e. The molecule has 2 aromatic heterocycles. The maximum absolute atomic E-state index is 13.1. The monoisotopic (exact) mass is 406 g/mol. The van der Waals surface area contributed by atoms with Crippen LogP contribution in [0.1, 0.15) is 52.9 Å². The van der Waals surface area contributed by atoms with Crippen LogP contribution in [0.4, 0.5) is 5.82 Å². The number of anilines is 1. The molecule has 29 heavy (non-hydrogen) atoms. The van der Waals surface area contributed by atoms with Crippen molar-refractivity contribution in [2.75, 3.05) is 24.5 Å². The Labute approximate surface area is 176 Å². The maximum atomic E-state index is 13.1. The summed E-state index contributed by atoms with van der Waals surface area (Å²) in [7, 11) is 0. The largest absolute Gasteiger partial charge is 0.355 e. The zero-order valence-corrected chi connectivity index (χ0v) is 17.5. The summed E-state index contributed by atoms with van der Waals surface area (Å²) in [6, 6.07) is 6.57. The fraction of sp³-hybridized carbons (Fsp3) is 0.522. The van der Waals surface area contributed by atoms with E-state index in [4.69, 9.17) is 4.98 Å². The molecule has 0 radical (unpaired) electrons. The molecule has 5 nitrogen and oxygen atoms in total. The molecule has 1 fully saturated rings. The molecule has 0 N–H and O–H groups in total. The van der Waals surface area contributed by atoms with Gasteiger partial charge >= 0.3 is 0 Å². The van der Waals surface area contributed by atoms with Gasteiger partial charge in [0.25, 0.3) is 0 Å². The molecule has 4 heterocycles. The predicted molar refractivity (Wildman–Crippen MR) is 114 cm³/mol. The van der Waals surface area contributed by atoms with E-state index >= 15 is 0 Å². The van der Waals surface area contributed by atoms with Crippen molar-refractivity contribution in [2.45, 2.75) is 51.5 Å². The molecule has 2 aliphatic heterocycles. The molecule has 0 atom stereocenters. The van der Waals surface area contributed by atoms with Gasteiger partial charge in [-0.15, -0.1) is 11.3 Å². The van der Waals surface area contributed by atoms with Gasteiger partial charge in [0, 0.05) is 42.7 Å². The van der Waals surface area contributed by atoms with E-state index in [1.807, 2.05) is 16.2 Å². The second kappa shape index (κ2) is 7.79. The van der Waals surface area contributed by atoms with E-state index in [0.29, 0.717) is 11.5 Å². The average Bonchev–Trinajstić information content (AvgIpc) is 3.25. The molecule has 1 aliphatic carbocycles. The van der Waals surface area contributed by atoms with Gasteiger partial charge < -0.3 is 9.80 Å². The Morgan fingerprint density at radius 1 is 1.14 bits per heavy atom. The standard InChI is InChI=1S/C23H26N4OS/c24-14-19-13-17-3-1-2-4-20(17)25-22(19)26-9-5-16(6-10-26)23(28)27-11-7-21-18(15-27)8-12-29-21/h8,12-13,16H,1-7,9-11,15H2. The summed E-state index contributed by atoms with van der Waals surface area (Å²) in [6.07, 6.45) is 7.10. The Kier molecular flexibility index (Phi) is 5.01. The Bertz CT molecular complexity index is 968. The van der Waals surface area contributed by atoms with Crippen molar-refractivity contribution in [1.29, 1.82) is 5.26 Å². The third-order valence-electron chi connectivity index (χ3n) is 6.66. The molecule has 1 saturated heterocycles. The molecule has 3 aliphatic rings. The zero-order valence-electron chi connectivity index (χ0n) is 16.7. The lowest BCUT2D eigenvalue weighted by Crippen LogP contribution is -2.44. The first kappa shape index (κ1) is 18.6. The van der Waals surface area contributed by atoms with Gasteiger partial charge in [0.2, 0.25) is 5.91 Å². The summed E-state index contributed by atoms with van der Waals surface area (Å²) in [6.45, 7) is 3.21. The van der Waals surface area contributed by atoms with Gasteiger partial charge in [-0.3, -0.25) is 4.79 Å². The van der Waals surface area contributed by atoms with E-state index in [2.05, 4.69) is 28.5 Å². The van der Waals surface area contributed by atoms with Gasteiger partial charge in [-0.2, -0.15) is 5.26 Å². The summed E-state index contributed by atoms with van der Waals surface area (Å²) in [5.74, 6) is 1.23. The minimum atomic E-state index is 0.0922. The van der Waals surface area contributed by atoms with Crippen LogP contribution in [0.25, 0.3) is 0 Å². The number of rotatable bonds is 2. The van der Waals surface area contributed by atoms with Gasteiger partial charge in [0.15, 0.2) is 0 Å². The highest BCUT2D eigenvalue weighted by Gasteiger charge is 2.32. The minimum absolute atomic E-state index is 0.0922. The normalized spacial score (nSPS) is 19.4. The second-order valence-electron chi connectivity index (χ2n) is 8.42. The molecule has 0 unspecified atom stereocenters. The van der Waals surface area contributed by atoms with Crippen molar-refractivity contribution in [3.8, 4) is 6.07 Å². The van der Waals surface area contributed by atoms with Crippen LogP contribution in [-0.4, -0.2) is 35.4 Å². The Morgan fingerprint density at radius 3 is 2.79 bits per heavy atom. The molecular formula is C23H26N4OS. The highest BCUT2D eigenvalue weighted by Crippen LogP contribution is 2.31. The number of nitriles is 1. The number of aromatic nitrogens is 1. The third-order valence-corrected chi connectivity index (χ3v) is 7.69. The SMILES string of the molecule is N#Cc1cc2c(nc1N1CCC(C(=O)N3CCc4sccc4C3)CC1)CCCC2. The molecule has 1 amide bonds. The summed E-state index contributed by atoms with van der Waals surface area (Å²) < 4.78 is 0. The van der Waals surface area contributed by atoms with Gasteiger partial charge in [-0.25, -0.2) is 4.98 Å². The van der Waals surface area contributed by atoms with Gasteiger partial charge in [-0.1, -0.05) is 0 Å². The molecular weight excluding hydrogens is 380 g/mol. The van der Waals surface area contributed by atoms with Crippen LogP contribution in [-0.2, 0) is 30.6 Å². The Balaban J connectivity index is 1.26. The van der Waals surface area contributed by atoms with Crippen LogP contribution in [0, 0.1) is 17.2 Å². The molecule has 0 saturated carbocycles. The molecule has 150 valence electrons. The second-order valence-corrected chi connectivity index (χ2v) is 9.43. The van der Waals surface area contributed by atoms with Gasteiger partial charge in [0.1, 0.15) is 11.9 Å². The fourth-order valence-corrected chi connectivity index (χ4v) is 5.87. The predicted octanol–water partition coefficient (Wildman–Crippen LogP) is 3.69. The first-order valence-electron chi connectivity index (χ1n) is 10.7. The Hall–Kier alpha value is -2.39. The zero-order chi connectivity index (χ0) is 19.8. The first-order valence-corrected chi connectivity index (χ1v) is 11.6. The van der Waals surface area contributed by atoms with Crippen molar-refractivity contribution in [3.05, 3.63) is 44.8 Å². The number of carbonyl (C=O) groups is 1. The molecule has 5 rings (SSSR count). The van der Waals surface area contributed by atoms with E-state index in [-0.39, 0.29) is 5.92 Å². The van der Waals surface area contributed by atoms with Crippen LogP contribution in [0.3, 0.4) is 0 Å². The van der Waals surface area contributed by atoms with Crippen LogP contribution in [0.2, 0.25) is 0 Å². The van der Waals surface area contributed by atoms with E-state index in [9.17, 15) is 10.1 Å². The topological polar surface area (TPSA) is 60.2 Å². The van der Waals surface area contributed by atoms with E-state index in [0.717, 1.165) is 64.1 Å². The first-order chi connectivity index (χ1) is 14.2. The number of thiophene rings is 1. The lowest BCUT2D eigenvalue weighted by molar-refractivity contribution is -0.137. The van der Waals surface area contributed by atoms with Crippen LogP contribution in [0.15, 0.2) is 17.5 Å². The van der Waals surface area contributed by atoms with Crippen molar-refractivity contribution in [1.82, 2.24) is 9.88 Å².